The van der Waals surface area contributed by atoms with Crippen molar-refractivity contribution in [2.75, 3.05) is 0 Å². The molecule has 2 N–H and O–H groups in total. The maximum atomic E-state index is 13.9. The Bertz CT molecular complexity index is 2160. The number of benzene rings is 5. The fourth-order valence-corrected chi connectivity index (χ4v) is 7.26. The lowest BCUT2D eigenvalue weighted by atomic mass is 10.0. The summed E-state index contributed by atoms with van der Waals surface area (Å²) in [7, 11) is 0. The maximum absolute atomic E-state index is 13.9. The van der Waals surface area contributed by atoms with E-state index in [1.165, 1.54) is 11.1 Å². The van der Waals surface area contributed by atoms with Crippen LogP contribution in [0.3, 0.4) is 0 Å². The molecule has 49 heavy (non-hydrogen) atoms. The topological polar surface area (TPSA) is 109 Å². The summed E-state index contributed by atoms with van der Waals surface area (Å²) < 4.78 is 11.5. The number of hydrogen-bond donors (Lipinski definition) is 2. The van der Waals surface area contributed by atoms with Gasteiger partial charge < -0.3 is 19.6 Å². The van der Waals surface area contributed by atoms with Crippen molar-refractivity contribution >= 4 is 29.1 Å². The first kappa shape index (κ1) is 30.2. The minimum absolute atomic E-state index is 0.135. The number of carbonyl (C=O) groups excluding carboxylic acids is 2. The lowest BCUT2D eigenvalue weighted by molar-refractivity contribution is -0.142. The number of nitrogens with one attached hydrogen (secondary N) is 1. The number of H-pyrrole nitrogens is 1. The lowest BCUT2D eigenvalue weighted by Crippen LogP contribution is -2.50. The molecule has 6 aromatic rings. The molecule has 0 fully saturated rings. The Morgan fingerprint density at radius 3 is 1.71 bits per heavy atom. The molecule has 242 valence electrons. The predicted octanol–water partition coefficient (Wildman–Crippen LogP) is 8.28. The number of carboxylic acids is 1. The van der Waals surface area contributed by atoms with Gasteiger partial charge in [0, 0.05) is 23.5 Å². The Kier molecular flexibility index (Phi) is 7.68. The van der Waals surface area contributed by atoms with Crippen LogP contribution in [0.15, 0.2) is 115 Å². The molecule has 0 spiro atoms. The van der Waals surface area contributed by atoms with Gasteiger partial charge >= 0.3 is 18.2 Å². The van der Waals surface area contributed by atoms with Crippen molar-refractivity contribution in [3.63, 3.8) is 0 Å². The van der Waals surface area contributed by atoms with Crippen LogP contribution in [-0.4, -0.2) is 39.2 Å². The largest absolute Gasteiger partial charge is 0.480 e. The average Bonchev–Trinajstić information content (AvgIpc) is 3.83. The smallest absolute Gasteiger partial charge is 0.420 e. The zero-order valence-corrected chi connectivity index (χ0v) is 26.5. The van der Waals surface area contributed by atoms with E-state index >= 15 is 0 Å². The van der Waals surface area contributed by atoms with Crippen LogP contribution in [0.4, 0.5) is 9.59 Å². The van der Waals surface area contributed by atoms with Gasteiger partial charge in [0.25, 0.3) is 0 Å². The summed E-state index contributed by atoms with van der Waals surface area (Å²) in [4.78, 5) is 44.4. The van der Waals surface area contributed by atoms with E-state index in [9.17, 15) is 19.5 Å². The van der Waals surface area contributed by atoms with Gasteiger partial charge in [0.1, 0.15) is 19.3 Å². The van der Waals surface area contributed by atoms with Gasteiger partial charge in [0.05, 0.1) is 0 Å². The summed E-state index contributed by atoms with van der Waals surface area (Å²) in [5.74, 6) is -1.36. The van der Waals surface area contributed by atoms with Crippen molar-refractivity contribution < 1.29 is 29.0 Å². The standard InChI is InChI=1S/C41H32N2O6/c44-39(45)38(21-29-22-42-37-18-6-5-15-32(29)37)43(40(46)48-23-27-11-7-16-33-30-13-3-1-9-25(30)19-35(27)33)41(47)49-24-28-12-8-17-34-31-14-4-2-10-26(31)20-36(28)34/h1-18,22,38,42H,19-21,23-24H2,(H,44,45). The highest BCUT2D eigenvalue weighted by Crippen LogP contribution is 2.39. The predicted molar refractivity (Wildman–Crippen MR) is 185 cm³/mol. The van der Waals surface area contributed by atoms with Crippen LogP contribution in [0.25, 0.3) is 33.2 Å². The number of nitrogens with zero attached hydrogens (tertiary/aromatic N) is 1. The van der Waals surface area contributed by atoms with Gasteiger partial charge in [-0.25, -0.2) is 14.4 Å². The molecule has 0 radical (unpaired) electrons. The third kappa shape index (κ3) is 5.51. The molecule has 1 aromatic heterocycles. The normalized spacial score (nSPS) is 12.8. The number of amides is 2. The SMILES string of the molecule is O=C(O)C(Cc1c[nH]c2ccccc12)N(C(=O)OCc1cccc2c1Cc1ccccc1-2)C(=O)OCc1cccc2c1Cc1ccccc1-2. The second-order valence-corrected chi connectivity index (χ2v) is 12.5. The number of carboxylic acid groups (broad SMARTS) is 1. The molecule has 0 saturated heterocycles. The van der Waals surface area contributed by atoms with Crippen LogP contribution in [0.1, 0.15) is 38.9 Å². The molecule has 0 aliphatic heterocycles. The van der Waals surface area contributed by atoms with Crippen molar-refractivity contribution in [3.05, 3.63) is 154 Å². The van der Waals surface area contributed by atoms with E-state index < -0.39 is 24.2 Å². The van der Waals surface area contributed by atoms with E-state index in [1.807, 2.05) is 84.9 Å². The first-order chi connectivity index (χ1) is 24.0. The van der Waals surface area contributed by atoms with Crippen LogP contribution in [0, 0.1) is 0 Å². The Balaban J connectivity index is 1.07. The maximum Gasteiger partial charge on any atom is 0.420 e. The van der Waals surface area contributed by atoms with Gasteiger partial charge in [-0.1, -0.05) is 103 Å². The number of para-hydroxylation sites is 1. The summed E-state index contributed by atoms with van der Waals surface area (Å²) >= 11 is 0. The van der Waals surface area contributed by atoms with Crippen LogP contribution in [-0.2, 0) is 46.7 Å². The van der Waals surface area contributed by atoms with Gasteiger partial charge in [-0.05, 0) is 80.1 Å². The fourth-order valence-electron chi connectivity index (χ4n) is 7.26. The molecule has 8 nitrogen and oxygen atoms in total. The molecular weight excluding hydrogens is 616 g/mol. The van der Waals surface area contributed by atoms with Crippen molar-refractivity contribution in [2.45, 2.75) is 38.5 Å². The number of aromatic nitrogens is 1. The lowest BCUT2D eigenvalue weighted by Gasteiger charge is -2.26. The number of aromatic amines is 1. The number of aliphatic carboxylic acids is 1. The molecule has 2 aliphatic rings. The van der Waals surface area contributed by atoms with E-state index in [-0.39, 0.29) is 19.6 Å². The van der Waals surface area contributed by atoms with E-state index in [1.54, 1.807) is 6.20 Å². The number of hydrogen-bond acceptors (Lipinski definition) is 5. The first-order valence-corrected chi connectivity index (χ1v) is 16.2. The summed E-state index contributed by atoms with van der Waals surface area (Å²) in [6.07, 6.45) is 0.761. The summed E-state index contributed by atoms with van der Waals surface area (Å²) in [6, 6.07) is 33.8. The minimum atomic E-state index is -1.59. The highest BCUT2D eigenvalue weighted by molar-refractivity contribution is 5.94. The number of rotatable bonds is 8. The molecule has 1 unspecified atom stereocenters. The van der Waals surface area contributed by atoms with Crippen LogP contribution < -0.4 is 0 Å². The van der Waals surface area contributed by atoms with Crippen molar-refractivity contribution in [3.8, 4) is 22.3 Å². The van der Waals surface area contributed by atoms with Crippen LogP contribution >= 0.6 is 0 Å². The monoisotopic (exact) mass is 648 g/mol. The van der Waals surface area contributed by atoms with Crippen LogP contribution in [0.2, 0.25) is 0 Å². The third-order valence-corrected chi connectivity index (χ3v) is 9.68. The van der Waals surface area contributed by atoms with Crippen molar-refractivity contribution in [1.82, 2.24) is 9.88 Å². The second-order valence-electron chi connectivity index (χ2n) is 12.5. The Morgan fingerprint density at radius 2 is 1.14 bits per heavy atom. The van der Waals surface area contributed by atoms with Gasteiger partial charge in [-0.15, -0.1) is 0 Å². The summed E-state index contributed by atoms with van der Waals surface area (Å²) in [5, 5.41) is 11.3. The van der Waals surface area contributed by atoms with Gasteiger partial charge in [0.2, 0.25) is 0 Å². The number of carbonyl (C=O) groups is 3. The highest BCUT2D eigenvalue weighted by Gasteiger charge is 2.38. The van der Waals surface area contributed by atoms with E-state index in [2.05, 4.69) is 29.2 Å². The number of ether oxygens (including phenoxy) is 2. The molecular formula is C41H32N2O6. The zero-order valence-electron chi connectivity index (χ0n) is 26.5. The van der Waals surface area contributed by atoms with Crippen molar-refractivity contribution in [2.24, 2.45) is 0 Å². The van der Waals surface area contributed by atoms with Crippen LogP contribution in [0.5, 0.6) is 0 Å². The molecule has 2 aliphatic carbocycles. The van der Waals surface area contributed by atoms with E-state index in [0.717, 1.165) is 55.4 Å². The van der Waals surface area contributed by atoms with Gasteiger partial charge in [0.15, 0.2) is 0 Å². The quantitative estimate of drug-likeness (QED) is 0.172. The zero-order chi connectivity index (χ0) is 33.5. The summed E-state index contributed by atoms with van der Waals surface area (Å²) in [6.45, 7) is -0.271. The molecule has 5 aromatic carbocycles. The number of imide groups is 1. The molecule has 0 saturated carbocycles. The van der Waals surface area contributed by atoms with Gasteiger partial charge in [-0.2, -0.15) is 4.90 Å². The highest BCUT2D eigenvalue weighted by atomic mass is 16.6. The Morgan fingerprint density at radius 1 is 0.633 bits per heavy atom. The minimum Gasteiger partial charge on any atom is -0.480 e. The molecule has 0 bridgehead atoms. The molecule has 1 heterocycles. The van der Waals surface area contributed by atoms with Gasteiger partial charge in [-0.3, -0.25) is 0 Å². The van der Waals surface area contributed by atoms with E-state index in [0.29, 0.717) is 23.3 Å². The Hall–Kier alpha value is -6.15. The molecule has 8 rings (SSSR count). The fraction of sp³-hybridized carbons (Fsp3) is 0.146. The average molecular weight is 649 g/mol. The third-order valence-electron chi connectivity index (χ3n) is 9.68. The molecule has 2 amide bonds. The Labute approximate surface area is 282 Å². The first-order valence-electron chi connectivity index (χ1n) is 16.2. The summed E-state index contributed by atoms with van der Waals surface area (Å²) in [5.41, 5.74) is 11.9. The van der Waals surface area contributed by atoms with Crippen molar-refractivity contribution in [1.29, 1.82) is 0 Å². The number of fused-ring (bicyclic) bond motifs is 7. The van der Waals surface area contributed by atoms with E-state index in [4.69, 9.17) is 9.47 Å². The molecule has 8 heteroatoms. The second kappa shape index (κ2) is 12.5. The molecule has 1 atom stereocenters.